The lowest BCUT2D eigenvalue weighted by atomic mass is 9.97. The second kappa shape index (κ2) is 8.33. The summed E-state index contributed by atoms with van der Waals surface area (Å²) >= 11 is 0. The molecule has 26 heavy (non-hydrogen) atoms. The SMILES string of the molecule is CCCn1cc(CNC(=O)N2CCC(c3nc(C(C)C)no3)CC2)cn1. The van der Waals surface area contributed by atoms with Gasteiger partial charge in [-0.25, -0.2) is 4.79 Å². The van der Waals surface area contributed by atoms with Gasteiger partial charge in [0, 0.05) is 49.8 Å². The summed E-state index contributed by atoms with van der Waals surface area (Å²) in [5.41, 5.74) is 1.02. The van der Waals surface area contributed by atoms with Gasteiger partial charge in [-0.2, -0.15) is 10.1 Å². The molecule has 0 unspecified atom stereocenters. The number of likely N-dealkylation sites (tertiary alicyclic amines) is 1. The van der Waals surface area contributed by atoms with E-state index in [1.165, 1.54) is 0 Å². The topological polar surface area (TPSA) is 89.1 Å². The van der Waals surface area contributed by atoms with Crippen molar-refractivity contribution in [2.45, 2.75) is 65.0 Å². The Morgan fingerprint density at radius 3 is 2.81 bits per heavy atom. The number of nitrogens with one attached hydrogen (secondary N) is 1. The summed E-state index contributed by atoms with van der Waals surface area (Å²) in [6.45, 7) is 9.02. The average Bonchev–Trinajstić information content (AvgIpc) is 3.30. The Labute approximate surface area is 153 Å². The fourth-order valence-electron chi connectivity index (χ4n) is 3.12. The van der Waals surface area contributed by atoms with Crippen LogP contribution in [0.1, 0.15) is 69.1 Å². The van der Waals surface area contributed by atoms with E-state index in [-0.39, 0.29) is 17.9 Å². The van der Waals surface area contributed by atoms with Crippen LogP contribution in [-0.2, 0) is 13.1 Å². The molecule has 1 aliphatic heterocycles. The van der Waals surface area contributed by atoms with Gasteiger partial charge in [-0.3, -0.25) is 4.68 Å². The van der Waals surface area contributed by atoms with Crippen molar-refractivity contribution in [3.8, 4) is 0 Å². The minimum Gasteiger partial charge on any atom is -0.339 e. The highest BCUT2D eigenvalue weighted by Crippen LogP contribution is 2.27. The summed E-state index contributed by atoms with van der Waals surface area (Å²) in [5, 5.41) is 11.3. The van der Waals surface area contributed by atoms with Crippen LogP contribution in [0.3, 0.4) is 0 Å². The standard InChI is InChI=1S/C18H28N6O2/c1-4-7-24-12-14(11-20-24)10-19-18(25)23-8-5-15(6-9-23)17-21-16(13(2)3)22-26-17/h11-13,15H,4-10H2,1-3H3,(H,19,25). The summed E-state index contributed by atoms with van der Waals surface area (Å²) in [6, 6.07) is -0.0277. The lowest BCUT2D eigenvalue weighted by molar-refractivity contribution is 0.175. The number of carbonyl (C=O) groups excluding carboxylic acids is 1. The van der Waals surface area contributed by atoms with E-state index in [0.717, 1.165) is 37.2 Å². The van der Waals surface area contributed by atoms with Crippen LogP contribution in [0.15, 0.2) is 16.9 Å². The van der Waals surface area contributed by atoms with Crippen molar-refractivity contribution in [3.63, 3.8) is 0 Å². The van der Waals surface area contributed by atoms with Crippen LogP contribution >= 0.6 is 0 Å². The Kier molecular flexibility index (Phi) is 5.90. The number of carbonyl (C=O) groups is 1. The highest BCUT2D eigenvalue weighted by Gasteiger charge is 2.27. The smallest absolute Gasteiger partial charge is 0.317 e. The molecule has 8 nitrogen and oxygen atoms in total. The molecule has 0 bridgehead atoms. The molecule has 2 aromatic rings. The molecule has 2 aromatic heterocycles. The van der Waals surface area contributed by atoms with Gasteiger partial charge in [0.25, 0.3) is 0 Å². The third-order valence-corrected chi connectivity index (χ3v) is 4.69. The van der Waals surface area contributed by atoms with E-state index < -0.39 is 0 Å². The Bertz CT molecular complexity index is 715. The normalized spacial score (nSPS) is 15.6. The van der Waals surface area contributed by atoms with Crippen LogP contribution in [-0.4, -0.2) is 43.9 Å². The summed E-state index contributed by atoms with van der Waals surface area (Å²) < 4.78 is 7.30. The summed E-state index contributed by atoms with van der Waals surface area (Å²) in [4.78, 5) is 18.7. The maximum absolute atomic E-state index is 12.4. The molecule has 8 heteroatoms. The van der Waals surface area contributed by atoms with E-state index in [9.17, 15) is 4.79 Å². The van der Waals surface area contributed by atoms with E-state index in [1.807, 2.05) is 35.8 Å². The first-order valence-corrected chi connectivity index (χ1v) is 9.44. The molecule has 2 amide bonds. The first kappa shape index (κ1) is 18.4. The summed E-state index contributed by atoms with van der Waals surface area (Å²) in [6.07, 6.45) is 6.53. The van der Waals surface area contributed by atoms with Crippen LogP contribution in [0.25, 0.3) is 0 Å². The van der Waals surface area contributed by atoms with Crippen LogP contribution < -0.4 is 5.32 Å². The molecule has 1 aliphatic rings. The average molecular weight is 360 g/mol. The van der Waals surface area contributed by atoms with Gasteiger partial charge in [0.15, 0.2) is 5.82 Å². The minimum absolute atomic E-state index is 0.0277. The molecule has 1 saturated heterocycles. The number of hydrogen-bond acceptors (Lipinski definition) is 5. The van der Waals surface area contributed by atoms with E-state index in [0.29, 0.717) is 25.5 Å². The summed E-state index contributed by atoms with van der Waals surface area (Å²) in [5.74, 6) is 1.97. The molecule has 0 spiro atoms. The fourth-order valence-corrected chi connectivity index (χ4v) is 3.12. The molecular weight excluding hydrogens is 332 g/mol. The quantitative estimate of drug-likeness (QED) is 0.855. The zero-order chi connectivity index (χ0) is 18.5. The van der Waals surface area contributed by atoms with Crippen molar-refractivity contribution >= 4 is 6.03 Å². The maximum atomic E-state index is 12.4. The van der Waals surface area contributed by atoms with Crippen LogP contribution in [0.5, 0.6) is 0 Å². The monoisotopic (exact) mass is 360 g/mol. The molecule has 0 radical (unpaired) electrons. The number of hydrogen-bond donors (Lipinski definition) is 1. The van der Waals surface area contributed by atoms with Gasteiger partial charge in [-0.15, -0.1) is 0 Å². The molecule has 142 valence electrons. The number of aromatic nitrogens is 4. The number of amides is 2. The predicted octanol–water partition coefficient (Wildman–Crippen LogP) is 2.89. The second-order valence-electron chi connectivity index (χ2n) is 7.18. The Hall–Kier alpha value is -2.38. The molecule has 0 aromatic carbocycles. The van der Waals surface area contributed by atoms with Crippen molar-refractivity contribution in [3.05, 3.63) is 29.7 Å². The Morgan fingerprint density at radius 2 is 2.15 bits per heavy atom. The molecule has 1 N–H and O–H groups in total. The highest BCUT2D eigenvalue weighted by atomic mass is 16.5. The highest BCUT2D eigenvalue weighted by molar-refractivity contribution is 5.74. The van der Waals surface area contributed by atoms with E-state index in [2.05, 4.69) is 27.5 Å². The van der Waals surface area contributed by atoms with Crippen LogP contribution in [0.2, 0.25) is 0 Å². The zero-order valence-electron chi connectivity index (χ0n) is 15.8. The van der Waals surface area contributed by atoms with Gasteiger partial charge in [0.1, 0.15) is 0 Å². The summed E-state index contributed by atoms with van der Waals surface area (Å²) in [7, 11) is 0. The first-order valence-electron chi connectivity index (χ1n) is 9.44. The molecule has 1 fully saturated rings. The third kappa shape index (κ3) is 4.42. The van der Waals surface area contributed by atoms with Gasteiger partial charge in [-0.1, -0.05) is 25.9 Å². The molecule has 3 rings (SSSR count). The largest absolute Gasteiger partial charge is 0.339 e. The van der Waals surface area contributed by atoms with E-state index in [1.54, 1.807) is 0 Å². The van der Waals surface area contributed by atoms with Gasteiger partial charge in [0.2, 0.25) is 5.89 Å². The number of rotatable bonds is 6. The molecule has 0 atom stereocenters. The molecule has 0 saturated carbocycles. The number of urea groups is 1. The first-order chi connectivity index (χ1) is 12.6. The van der Waals surface area contributed by atoms with Gasteiger partial charge in [-0.05, 0) is 19.3 Å². The maximum Gasteiger partial charge on any atom is 0.317 e. The van der Waals surface area contributed by atoms with Crippen molar-refractivity contribution < 1.29 is 9.32 Å². The molecular formula is C18H28N6O2. The second-order valence-corrected chi connectivity index (χ2v) is 7.18. The van der Waals surface area contributed by atoms with Crippen molar-refractivity contribution in [1.29, 1.82) is 0 Å². The van der Waals surface area contributed by atoms with Crippen LogP contribution in [0, 0.1) is 0 Å². The fraction of sp³-hybridized carbons (Fsp3) is 0.667. The van der Waals surface area contributed by atoms with Crippen LogP contribution in [0.4, 0.5) is 4.79 Å². The lowest BCUT2D eigenvalue weighted by Crippen LogP contribution is -2.43. The number of nitrogens with zero attached hydrogens (tertiary/aromatic N) is 5. The minimum atomic E-state index is -0.0277. The van der Waals surface area contributed by atoms with E-state index in [4.69, 9.17) is 4.52 Å². The number of aryl methyl sites for hydroxylation is 1. The van der Waals surface area contributed by atoms with E-state index >= 15 is 0 Å². The van der Waals surface area contributed by atoms with Gasteiger partial charge in [0.05, 0.1) is 6.20 Å². The van der Waals surface area contributed by atoms with Gasteiger partial charge < -0.3 is 14.7 Å². The Balaban J connectivity index is 1.45. The molecule has 3 heterocycles. The van der Waals surface area contributed by atoms with Crippen molar-refractivity contribution in [2.75, 3.05) is 13.1 Å². The predicted molar refractivity (Wildman–Crippen MR) is 96.7 cm³/mol. The van der Waals surface area contributed by atoms with Crippen molar-refractivity contribution in [2.24, 2.45) is 0 Å². The zero-order valence-corrected chi connectivity index (χ0v) is 15.8. The number of piperidine rings is 1. The van der Waals surface area contributed by atoms with Crippen molar-refractivity contribution in [1.82, 2.24) is 30.1 Å². The lowest BCUT2D eigenvalue weighted by Gasteiger charge is -2.30. The molecule has 0 aliphatic carbocycles. The Morgan fingerprint density at radius 1 is 1.38 bits per heavy atom. The third-order valence-electron chi connectivity index (χ3n) is 4.69. The van der Waals surface area contributed by atoms with Gasteiger partial charge >= 0.3 is 6.03 Å².